The van der Waals surface area contributed by atoms with Crippen LogP contribution in [0.25, 0.3) is 0 Å². The van der Waals surface area contributed by atoms with E-state index in [2.05, 4.69) is 16.0 Å². The zero-order chi connectivity index (χ0) is 25.0. The average Bonchev–Trinajstić information content (AvgIpc) is 2.69. The van der Waals surface area contributed by atoms with Gasteiger partial charge in [-0.25, -0.2) is 4.79 Å². The Bertz CT molecular complexity index is 713. The number of hydrogen-bond acceptors (Lipinski definition) is 8. The lowest BCUT2D eigenvalue weighted by atomic mass is 10.0. The molecule has 5 atom stereocenters. The van der Waals surface area contributed by atoms with Crippen molar-refractivity contribution in [3.05, 3.63) is 0 Å². The Morgan fingerprint density at radius 3 is 1.78 bits per heavy atom. The van der Waals surface area contributed by atoms with E-state index in [4.69, 9.17) is 21.7 Å². The first-order chi connectivity index (χ1) is 14.8. The first kappa shape index (κ1) is 28.7. The molecular weight excluding hydrogens is 430 g/mol. The van der Waals surface area contributed by atoms with E-state index < -0.39 is 65.8 Å². The Labute approximate surface area is 184 Å². The molecule has 0 saturated carbocycles. The fourth-order valence-electron chi connectivity index (χ4n) is 2.41. The van der Waals surface area contributed by atoms with Gasteiger partial charge in [-0.15, -0.1) is 0 Å². The monoisotopic (exact) mass is 461 g/mol. The van der Waals surface area contributed by atoms with Gasteiger partial charge in [-0.05, 0) is 39.5 Å². The van der Waals surface area contributed by atoms with E-state index in [1.54, 1.807) is 0 Å². The van der Waals surface area contributed by atoms with Crippen molar-refractivity contribution < 1.29 is 44.1 Å². The van der Waals surface area contributed by atoms with E-state index in [-0.39, 0.29) is 32.1 Å². The van der Waals surface area contributed by atoms with Crippen LogP contribution in [-0.4, -0.2) is 81.2 Å². The van der Waals surface area contributed by atoms with Crippen LogP contribution in [0.15, 0.2) is 0 Å². The Kier molecular flexibility index (Phi) is 12.5. The number of nitrogens with two attached hydrogens (primary N) is 2. The van der Waals surface area contributed by atoms with Gasteiger partial charge in [-0.3, -0.25) is 24.0 Å². The first-order valence-corrected chi connectivity index (χ1v) is 9.85. The highest BCUT2D eigenvalue weighted by Crippen LogP contribution is 2.07. The number of aliphatic carboxylic acids is 3. The summed E-state index contributed by atoms with van der Waals surface area (Å²) in [5, 5.41) is 33.7. The van der Waals surface area contributed by atoms with Crippen molar-refractivity contribution in [1.29, 1.82) is 0 Å². The number of carboxylic acids is 3. The van der Waals surface area contributed by atoms with Crippen LogP contribution < -0.4 is 27.4 Å². The normalized spacial score (nSPS) is 15.4. The molecule has 0 rings (SSSR count). The van der Waals surface area contributed by atoms with E-state index >= 15 is 0 Å². The van der Waals surface area contributed by atoms with Crippen molar-refractivity contribution in [3.63, 3.8) is 0 Å². The van der Waals surface area contributed by atoms with Crippen LogP contribution >= 0.6 is 0 Å². The highest BCUT2D eigenvalue weighted by atomic mass is 16.4. The maximum atomic E-state index is 12.4. The number of carbonyl (C=O) groups excluding carboxylic acids is 3. The molecule has 0 radical (unpaired) electrons. The van der Waals surface area contributed by atoms with E-state index in [1.807, 2.05) is 0 Å². The summed E-state index contributed by atoms with van der Waals surface area (Å²) in [5.41, 5.74) is 10.8. The number of rotatable bonds is 15. The van der Waals surface area contributed by atoms with Crippen LogP contribution in [0.2, 0.25) is 0 Å². The van der Waals surface area contributed by atoms with Gasteiger partial charge in [0.1, 0.15) is 24.2 Å². The molecule has 0 aromatic carbocycles. The van der Waals surface area contributed by atoms with Crippen molar-refractivity contribution >= 4 is 35.6 Å². The highest BCUT2D eigenvalue weighted by molar-refractivity contribution is 5.91. The molecule has 0 aliphatic heterocycles. The van der Waals surface area contributed by atoms with Gasteiger partial charge < -0.3 is 42.7 Å². The second kappa shape index (κ2) is 13.9. The number of nitrogens with one attached hydrogen (secondary N) is 3. The summed E-state index contributed by atoms with van der Waals surface area (Å²) >= 11 is 0. The zero-order valence-electron chi connectivity index (χ0n) is 17.9. The molecule has 14 heteroatoms. The summed E-state index contributed by atoms with van der Waals surface area (Å²) < 4.78 is 0. The zero-order valence-corrected chi connectivity index (χ0v) is 17.9. The minimum atomic E-state index is -1.38. The minimum Gasteiger partial charge on any atom is -0.480 e. The maximum Gasteiger partial charge on any atom is 0.326 e. The summed E-state index contributed by atoms with van der Waals surface area (Å²) in [4.78, 5) is 69.3. The van der Waals surface area contributed by atoms with Gasteiger partial charge in [0.05, 0.1) is 6.04 Å². The smallest absolute Gasteiger partial charge is 0.326 e. The molecule has 0 aliphatic carbocycles. The number of hydrogen-bond donors (Lipinski definition) is 8. The largest absolute Gasteiger partial charge is 0.480 e. The van der Waals surface area contributed by atoms with Crippen LogP contribution in [0, 0.1) is 0 Å². The van der Waals surface area contributed by atoms with Crippen LogP contribution in [0.4, 0.5) is 0 Å². The lowest BCUT2D eigenvalue weighted by molar-refractivity contribution is -0.142. The highest BCUT2D eigenvalue weighted by Gasteiger charge is 2.26. The van der Waals surface area contributed by atoms with Gasteiger partial charge in [0.25, 0.3) is 0 Å². The molecule has 182 valence electrons. The lowest BCUT2D eigenvalue weighted by Gasteiger charge is -2.21. The third kappa shape index (κ3) is 11.2. The number of carboxylic acid groups (broad SMARTS) is 3. The Hall–Kier alpha value is -3.26. The first-order valence-electron chi connectivity index (χ1n) is 9.85. The van der Waals surface area contributed by atoms with E-state index in [1.165, 1.54) is 13.8 Å². The standard InChI is InChI=1S/C18H31N5O9/c1-8(19)14(25)23-12(18(31)32)6-7-13(24)22-11(5-3-4-10(20)17(29)30)15(26)21-9(2)16(27)28/h8-12H,3-7,19-20H2,1-2H3,(H,21,26)(H,22,24)(H,23,25)(H,27,28)(H,29,30)(H,31,32)/t8-,9+,10-,11+,12+/m0/s1. The molecule has 0 spiro atoms. The molecule has 0 fully saturated rings. The summed E-state index contributed by atoms with van der Waals surface area (Å²) in [6.07, 6.45) is -0.551. The third-order valence-electron chi connectivity index (χ3n) is 4.39. The van der Waals surface area contributed by atoms with Gasteiger partial charge >= 0.3 is 17.9 Å². The molecule has 14 nitrogen and oxygen atoms in total. The third-order valence-corrected chi connectivity index (χ3v) is 4.39. The summed E-state index contributed by atoms with van der Waals surface area (Å²) in [6, 6.07) is -5.95. The SMILES string of the molecule is C[C@H](N)C(=O)N[C@H](CCC(=O)N[C@H](CCC[C@H](N)C(=O)O)C(=O)N[C@H](C)C(=O)O)C(=O)O. The van der Waals surface area contributed by atoms with E-state index in [0.717, 1.165) is 0 Å². The van der Waals surface area contributed by atoms with Gasteiger partial charge in [-0.2, -0.15) is 0 Å². The van der Waals surface area contributed by atoms with Crippen molar-refractivity contribution in [2.45, 2.75) is 76.2 Å². The van der Waals surface area contributed by atoms with Crippen molar-refractivity contribution in [2.75, 3.05) is 0 Å². The molecule has 0 aliphatic rings. The Balaban J connectivity index is 5.05. The van der Waals surface area contributed by atoms with Crippen LogP contribution in [0.3, 0.4) is 0 Å². The molecule has 10 N–H and O–H groups in total. The minimum absolute atomic E-state index is 0.00780. The summed E-state index contributed by atoms with van der Waals surface area (Å²) in [5.74, 6) is -6.16. The summed E-state index contributed by atoms with van der Waals surface area (Å²) in [7, 11) is 0. The topological polar surface area (TPSA) is 251 Å². The van der Waals surface area contributed by atoms with E-state index in [0.29, 0.717) is 0 Å². The molecule has 0 aromatic rings. The predicted octanol–water partition coefficient (Wildman–Crippen LogP) is -2.66. The van der Waals surface area contributed by atoms with Crippen LogP contribution in [0.5, 0.6) is 0 Å². The van der Waals surface area contributed by atoms with Crippen LogP contribution in [-0.2, 0) is 28.8 Å². The van der Waals surface area contributed by atoms with Gasteiger partial charge in [0.15, 0.2) is 0 Å². The van der Waals surface area contributed by atoms with Crippen molar-refractivity contribution in [1.82, 2.24) is 16.0 Å². The Morgan fingerprint density at radius 1 is 0.719 bits per heavy atom. The molecule has 0 unspecified atom stereocenters. The number of carbonyl (C=O) groups is 6. The molecule has 0 heterocycles. The molecule has 0 aromatic heterocycles. The predicted molar refractivity (Wildman–Crippen MR) is 109 cm³/mol. The molecule has 32 heavy (non-hydrogen) atoms. The molecular formula is C18H31N5O9. The molecule has 0 saturated heterocycles. The second-order valence-electron chi connectivity index (χ2n) is 7.29. The van der Waals surface area contributed by atoms with Crippen LogP contribution in [0.1, 0.15) is 46.0 Å². The van der Waals surface area contributed by atoms with E-state index in [9.17, 15) is 33.9 Å². The summed E-state index contributed by atoms with van der Waals surface area (Å²) in [6.45, 7) is 2.58. The van der Waals surface area contributed by atoms with Gasteiger partial charge in [0, 0.05) is 6.42 Å². The maximum absolute atomic E-state index is 12.4. The fourth-order valence-corrected chi connectivity index (χ4v) is 2.41. The second-order valence-corrected chi connectivity index (χ2v) is 7.29. The number of amides is 3. The van der Waals surface area contributed by atoms with Crippen molar-refractivity contribution in [3.8, 4) is 0 Å². The van der Waals surface area contributed by atoms with Crippen molar-refractivity contribution in [2.24, 2.45) is 11.5 Å². The molecule has 0 bridgehead atoms. The fraction of sp³-hybridized carbons (Fsp3) is 0.667. The molecule has 3 amide bonds. The average molecular weight is 461 g/mol. The Morgan fingerprint density at radius 2 is 1.31 bits per heavy atom. The van der Waals surface area contributed by atoms with Gasteiger partial charge in [0.2, 0.25) is 17.7 Å². The van der Waals surface area contributed by atoms with Gasteiger partial charge in [-0.1, -0.05) is 0 Å². The lowest BCUT2D eigenvalue weighted by Crippen LogP contribution is -2.51. The quantitative estimate of drug-likeness (QED) is 0.125.